The smallest absolute Gasteiger partial charge is 0.254 e. The van der Waals surface area contributed by atoms with E-state index in [1.54, 1.807) is 12.2 Å². The van der Waals surface area contributed by atoms with Crippen LogP contribution in [-0.4, -0.2) is 29.7 Å². The van der Waals surface area contributed by atoms with Gasteiger partial charge in [0, 0.05) is 12.6 Å². The van der Waals surface area contributed by atoms with E-state index in [1.165, 1.54) is 6.21 Å². The first kappa shape index (κ1) is 30.6. The molecule has 5 nitrogen and oxygen atoms in total. The van der Waals surface area contributed by atoms with Crippen molar-refractivity contribution in [2.75, 3.05) is 6.54 Å². The van der Waals surface area contributed by atoms with Crippen LogP contribution in [0.1, 0.15) is 71.1 Å². The van der Waals surface area contributed by atoms with E-state index in [-0.39, 0.29) is 29.7 Å². The van der Waals surface area contributed by atoms with E-state index in [9.17, 15) is 14.7 Å². The van der Waals surface area contributed by atoms with Gasteiger partial charge in [-0.1, -0.05) is 85.9 Å². The van der Waals surface area contributed by atoms with Gasteiger partial charge >= 0.3 is 0 Å². The van der Waals surface area contributed by atoms with E-state index in [0.29, 0.717) is 12.8 Å². The highest BCUT2D eigenvalue weighted by atomic mass is 16.3. The number of hydrogen-bond donors (Lipinski definition) is 2. The molecule has 0 atom stereocenters. The van der Waals surface area contributed by atoms with Gasteiger partial charge in [0.15, 0.2) is 0 Å². The number of nitrogens with zero attached hydrogens (tertiary/aromatic N) is 1. The molecule has 0 saturated carbocycles. The number of hydrogen-bond acceptors (Lipinski definition) is 3. The Bertz CT molecular complexity index is 912. The van der Waals surface area contributed by atoms with E-state index in [4.69, 9.17) is 0 Å². The van der Waals surface area contributed by atoms with Gasteiger partial charge in [0.1, 0.15) is 5.76 Å². The van der Waals surface area contributed by atoms with Crippen molar-refractivity contribution in [2.45, 2.75) is 71.1 Å². The molecule has 36 heavy (non-hydrogen) atoms. The summed E-state index contributed by atoms with van der Waals surface area (Å²) in [5, 5.41) is 12.3. The van der Waals surface area contributed by atoms with Crippen molar-refractivity contribution in [3.8, 4) is 0 Å². The number of aliphatic imine (C=N–C) groups is 1. The lowest BCUT2D eigenvalue weighted by Crippen LogP contribution is -2.28. The Morgan fingerprint density at radius 2 is 1.31 bits per heavy atom. The zero-order valence-corrected chi connectivity index (χ0v) is 21.6. The predicted octanol–water partition coefficient (Wildman–Crippen LogP) is 7.34. The number of aliphatic hydroxyl groups excluding tert-OH is 1. The monoisotopic (exact) mass is 490 g/mol. The van der Waals surface area contributed by atoms with Gasteiger partial charge in [-0.2, -0.15) is 0 Å². The van der Waals surface area contributed by atoms with Crippen LogP contribution in [0.3, 0.4) is 0 Å². The number of carbonyl (C=O) groups is 2. The highest BCUT2D eigenvalue weighted by molar-refractivity contribution is 5.98. The van der Waals surface area contributed by atoms with Gasteiger partial charge in [-0.05, 0) is 63.9 Å². The minimum absolute atomic E-state index is 0.00290. The molecule has 1 rings (SSSR count). The summed E-state index contributed by atoms with van der Waals surface area (Å²) in [6.45, 7) is 2.29. The van der Waals surface area contributed by atoms with Crippen molar-refractivity contribution in [3.05, 3.63) is 96.4 Å². The zero-order chi connectivity index (χ0) is 26.1. The third kappa shape index (κ3) is 17.0. The summed E-state index contributed by atoms with van der Waals surface area (Å²) in [4.78, 5) is 27.6. The van der Waals surface area contributed by atoms with E-state index < -0.39 is 0 Å². The lowest BCUT2D eigenvalue weighted by Gasteiger charge is -2.10. The number of carbonyl (C=O) groups excluding carboxylic acids is 2. The summed E-state index contributed by atoms with van der Waals surface area (Å²) in [7, 11) is 0. The molecule has 0 radical (unpaired) electrons. The van der Waals surface area contributed by atoms with E-state index in [0.717, 1.165) is 51.4 Å². The van der Waals surface area contributed by atoms with Crippen LogP contribution in [0.2, 0.25) is 0 Å². The maximum absolute atomic E-state index is 12.0. The molecule has 194 valence electrons. The molecule has 0 aromatic carbocycles. The Labute approximate surface area is 217 Å². The van der Waals surface area contributed by atoms with Gasteiger partial charge in [-0.3, -0.25) is 9.59 Å². The Balaban J connectivity index is 2.03. The molecule has 0 unspecified atom stereocenters. The molecule has 5 heteroatoms. The lowest BCUT2D eigenvalue weighted by atomic mass is 10.0. The number of aliphatic hydroxyl groups is 1. The first-order chi connectivity index (χ1) is 17.6. The quantitative estimate of drug-likeness (QED) is 0.165. The SMILES string of the molecule is CC/C=C\C/C=C\C/C=C\C/C=C\C/C=C\C/C=C\CCC(=O)/N=C/CNC(=O)C1=CCCC=C1O. The van der Waals surface area contributed by atoms with Gasteiger partial charge in [0.2, 0.25) is 5.91 Å². The third-order valence-electron chi connectivity index (χ3n) is 5.08. The van der Waals surface area contributed by atoms with Crippen LogP contribution < -0.4 is 5.32 Å². The number of nitrogens with one attached hydrogen (secondary N) is 1. The molecule has 1 aliphatic carbocycles. The highest BCUT2D eigenvalue weighted by Gasteiger charge is 2.14. The number of allylic oxidation sites excluding steroid dienone is 14. The van der Waals surface area contributed by atoms with E-state index in [2.05, 4.69) is 78.0 Å². The predicted molar refractivity (Wildman–Crippen MR) is 152 cm³/mol. The Morgan fingerprint density at radius 1 is 0.806 bits per heavy atom. The van der Waals surface area contributed by atoms with Gasteiger partial charge in [-0.15, -0.1) is 0 Å². The molecule has 0 aliphatic heterocycles. The summed E-state index contributed by atoms with van der Waals surface area (Å²) in [6.07, 6.45) is 38.8. The maximum Gasteiger partial charge on any atom is 0.254 e. The fourth-order valence-corrected chi connectivity index (χ4v) is 3.16. The highest BCUT2D eigenvalue weighted by Crippen LogP contribution is 2.15. The van der Waals surface area contributed by atoms with Crippen molar-refractivity contribution in [3.63, 3.8) is 0 Å². The van der Waals surface area contributed by atoms with E-state index >= 15 is 0 Å². The molecule has 2 amide bonds. The molecular weight excluding hydrogens is 448 g/mol. The molecule has 0 fully saturated rings. The molecule has 0 aromatic rings. The normalized spacial score (nSPS) is 14.9. The van der Waals surface area contributed by atoms with Crippen LogP contribution in [0.15, 0.2) is 101 Å². The van der Waals surface area contributed by atoms with Crippen molar-refractivity contribution >= 4 is 18.0 Å². The van der Waals surface area contributed by atoms with Crippen LogP contribution >= 0.6 is 0 Å². The molecule has 1 aliphatic rings. The maximum atomic E-state index is 12.0. The molecular formula is C31H42N2O3. The molecule has 0 heterocycles. The van der Waals surface area contributed by atoms with Crippen molar-refractivity contribution in [2.24, 2.45) is 4.99 Å². The summed E-state index contributed by atoms with van der Waals surface area (Å²) in [6, 6.07) is 0. The molecule has 2 N–H and O–H groups in total. The van der Waals surface area contributed by atoms with Crippen LogP contribution in [0.25, 0.3) is 0 Å². The van der Waals surface area contributed by atoms with Gasteiger partial charge < -0.3 is 10.4 Å². The fraction of sp³-hybridized carbons (Fsp3) is 0.387. The number of amides is 2. The summed E-state index contributed by atoms with van der Waals surface area (Å²) in [5.41, 5.74) is 0.277. The second-order valence-electron chi connectivity index (χ2n) is 8.15. The molecule has 0 bridgehead atoms. The van der Waals surface area contributed by atoms with Crippen LogP contribution in [0, 0.1) is 0 Å². The minimum atomic E-state index is -0.361. The summed E-state index contributed by atoms with van der Waals surface area (Å²) >= 11 is 0. The van der Waals surface area contributed by atoms with Gasteiger partial charge in [-0.25, -0.2) is 4.99 Å². The van der Waals surface area contributed by atoms with Gasteiger partial charge in [0.25, 0.3) is 5.91 Å². The van der Waals surface area contributed by atoms with Crippen LogP contribution in [0.5, 0.6) is 0 Å². The largest absolute Gasteiger partial charge is 0.507 e. The van der Waals surface area contributed by atoms with Crippen LogP contribution in [-0.2, 0) is 9.59 Å². The summed E-state index contributed by atoms with van der Waals surface area (Å²) < 4.78 is 0. The number of rotatable bonds is 17. The Hall–Kier alpha value is -3.47. The van der Waals surface area contributed by atoms with Gasteiger partial charge in [0.05, 0.1) is 12.1 Å². The fourth-order valence-electron chi connectivity index (χ4n) is 3.16. The molecule has 0 saturated heterocycles. The first-order valence-electron chi connectivity index (χ1n) is 13.0. The topological polar surface area (TPSA) is 78.8 Å². The first-order valence-corrected chi connectivity index (χ1v) is 13.0. The average Bonchev–Trinajstić information content (AvgIpc) is 2.88. The molecule has 0 aromatic heterocycles. The second kappa shape index (κ2) is 22.0. The Morgan fingerprint density at radius 3 is 1.83 bits per heavy atom. The van der Waals surface area contributed by atoms with Crippen molar-refractivity contribution in [1.82, 2.24) is 5.32 Å². The van der Waals surface area contributed by atoms with Crippen LogP contribution in [0.4, 0.5) is 0 Å². The third-order valence-corrected chi connectivity index (χ3v) is 5.08. The zero-order valence-electron chi connectivity index (χ0n) is 21.6. The Kier molecular flexibility index (Phi) is 18.7. The second-order valence-corrected chi connectivity index (χ2v) is 8.15. The lowest BCUT2D eigenvalue weighted by molar-refractivity contribution is -0.118. The summed E-state index contributed by atoms with van der Waals surface area (Å²) in [5.74, 6) is -0.577. The van der Waals surface area contributed by atoms with Crippen molar-refractivity contribution in [1.29, 1.82) is 0 Å². The minimum Gasteiger partial charge on any atom is -0.507 e. The standard InChI is InChI=1S/C31H42N2O3/c1-2-3-4-5-6-7-8-9-10-11-12-13-14-15-16-17-18-19-20-25-30(35)32-26-27-33-31(36)28-23-21-22-24-29(28)34/h3-4,6-7,9-10,12-13,15-16,18-19,23-24,26,34H,2,5,8,11,14,17,20-22,25,27H2,1H3,(H,33,36)/b4-3-,7-6-,10-9-,13-12-,16-15-,19-18-,32-26+. The molecule has 0 spiro atoms. The van der Waals surface area contributed by atoms with E-state index in [1.807, 2.05) is 12.2 Å². The van der Waals surface area contributed by atoms with Crippen molar-refractivity contribution < 1.29 is 14.7 Å². The average molecular weight is 491 g/mol.